The van der Waals surface area contributed by atoms with Gasteiger partial charge in [-0.1, -0.05) is 31.4 Å². The van der Waals surface area contributed by atoms with Crippen molar-refractivity contribution in [3.05, 3.63) is 41.2 Å². The highest BCUT2D eigenvalue weighted by atomic mass is 19.1. The van der Waals surface area contributed by atoms with Gasteiger partial charge in [0.1, 0.15) is 5.82 Å². The van der Waals surface area contributed by atoms with Crippen molar-refractivity contribution < 1.29 is 14.6 Å². The van der Waals surface area contributed by atoms with E-state index in [-0.39, 0.29) is 5.82 Å². The van der Waals surface area contributed by atoms with Crippen molar-refractivity contribution in [2.24, 2.45) is 5.73 Å². The molecule has 21 heavy (non-hydrogen) atoms. The molecule has 1 aromatic carbocycles. The Labute approximate surface area is 125 Å². The zero-order valence-electron chi connectivity index (χ0n) is 12.3. The smallest absolute Gasteiger partial charge is 0.124 e. The molecule has 1 aliphatic rings. The minimum absolute atomic E-state index is 0.350. The summed E-state index contributed by atoms with van der Waals surface area (Å²) in [5.41, 5.74) is 5.82. The van der Waals surface area contributed by atoms with Crippen LogP contribution in [0, 0.1) is 5.82 Å². The molecule has 0 saturated heterocycles. The minimum Gasteiger partial charge on any atom is -0.388 e. The van der Waals surface area contributed by atoms with E-state index in [4.69, 9.17) is 5.73 Å². The number of hydrogen-bond donors (Lipinski definition) is 3. The lowest BCUT2D eigenvalue weighted by molar-refractivity contribution is 0.0521. The second kappa shape index (κ2) is 7.16. The molecule has 1 atom stereocenters. The second-order valence-corrected chi connectivity index (χ2v) is 5.91. The van der Waals surface area contributed by atoms with Crippen LogP contribution in [0.2, 0.25) is 0 Å². The molecule has 1 aromatic rings. The summed E-state index contributed by atoms with van der Waals surface area (Å²) in [5, 5.41) is 20.3. The molecule has 0 aliphatic heterocycles. The molecule has 1 aliphatic carbocycles. The molecule has 0 aromatic heterocycles. The maximum absolute atomic E-state index is 13.7. The summed E-state index contributed by atoms with van der Waals surface area (Å²) in [6.45, 7) is 0.350. The van der Waals surface area contributed by atoms with Crippen molar-refractivity contribution in [1.82, 2.24) is 0 Å². The van der Waals surface area contributed by atoms with Crippen molar-refractivity contribution in [2.75, 3.05) is 6.54 Å². The SMILES string of the molecule is NCCC(O)c1cc(F)cc(C=CC2(O)CCCCC2)c1. The lowest BCUT2D eigenvalue weighted by atomic mass is 9.84. The van der Waals surface area contributed by atoms with E-state index < -0.39 is 11.7 Å². The number of nitrogens with two attached hydrogens (primary N) is 1. The van der Waals surface area contributed by atoms with Crippen molar-refractivity contribution >= 4 is 6.08 Å². The highest BCUT2D eigenvalue weighted by molar-refractivity contribution is 5.52. The van der Waals surface area contributed by atoms with E-state index >= 15 is 0 Å². The predicted molar refractivity (Wildman–Crippen MR) is 82.1 cm³/mol. The Morgan fingerprint density at radius 1 is 1.24 bits per heavy atom. The highest BCUT2D eigenvalue weighted by Gasteiger charge is 2.25. The molecule has 116 valence electrons. The van der Waals surface area contributed by atoms with Crippen LogP contribution in [0.4, 0.5) is 4.39 Å². The number of hydrogen-bond acceptors (Lipinski definition) is 3. The van der Waals surface area contributed by atoms with Crippen LogP contribution in [0.3, 0.4) is 0 Å². The third-order valence-corrected chi connectivity index (χ3v) is 4.07. The first-order valence-corrected chi connectivity index (χ1v) is 7.63. The molecular formula is C17H24FNO2. The van der Waals surface area contributed by atoms with Crippen molar-refractivity contribution in [3.63, 3.8) is 0 Å². The van der Waals surface area contributed by atoms with Crippen LogP contribution in [0.25, 0.3) is 6.08 Å². The second-order valence-electron chi connectivity index (χ2n) is 5.91. The number of rotatable bonds is 5. The van der Waals surface area contributed by atoms with Crippen LogP contribution < -0.4 is 5.73 Å². The van der Waals surface area contributed by atoms with Gasteiger partial charge in [0, 0.05) is 0 Å². The first-order chi connectivity index (χ1) is 10.0. The minimum atomic E-state index is -0.777. The summed E-state index contributed by atoms with van der Waals surface area (Å²) in [6.07, 6.45) is 7.85. The van der Waals surface area contributed by atoms with Gasteiger partial charge in [-0.3, -0.25) is 0 Å². The predicted octanol–water partition coefficient (Wildman–Crippen LogP) is 2.92. The van der Waals surface area contributed by atoms with Crippen LogP contribution in [-0.4, -0.2) is 22.4 Å². The average Bonchev–Trinajstić information content (AvgIpc) is 2.46. The van der Waals surface area contributed by atoms with E-state index in [1.54, 1.807) is 18.2 Å². The monoisotopic (exact) mass is 293 g/mol. The largest absolute Gasteiger partial charge is 0.388 e. The maximum Gasteiger partial charge on any atom is 0.124 e. The van der Waals surface area contributed by atoms with E-state index in [1.807, 2.05) is 0 Å². The Hall–Kier alpha value is -1.23. The molecule has 1 fully saturated rings. The molecule has 4 N–H and O–H groups in total. The van der Waals surface area contributed by atoms with E-state index in [0.717, 1.165) is 32.1 Å². The van der Waals surface area contributed by atoms with Gasteiger partial charge < -0.3 is 15.9 Å². The first-order valence-electron chi connectivity index (χ1n) is 7.63. The number of benzene rings is 1. The molecule has 0 radical (unpaired) electrons. The van der Waals surface area contributed by atoms with E-state index in [0.29, 0.717) is 24.1 Å². The zero-order chi connectivity index (χ0) is 15.3. The zero-order valence-corrected chi connectivity index (χ0v) is 12.3. The molecule has 3 nitrogen and oxygen atoms in total. The summed E-state index contributed by atoms with van der Waals surface area (Å²) in [7, 11) is 0. The fourth-order valence-corrected chi connectivity index (χ4v) is 2.83. The van der Waals surface area contributed by atoms with Gasteiger partial charge in [-0.15, -0.1) is 0 Å². The third kappa shape index (κ3) is 4.63. The summed E-state index contributed by atoms with van der Waals surface area (Å²) < 4.78 is 13.7. The summed E-state index contributed by atoms with van der Waals surface area (Å²) in [5.74, 6) is -0.390. The Morgan fingerprint density at radius 3 is 2.62 bits per heavy atom. The Kier molecular flexibility index (Phi) is 5.51. The molecular weight excluding hydrogens is 269 g/mol. The average molecular weight is 293 g/mol. The summed E-state index contributed by atoms with van der Waals surface area (Å²) in [4.78, 5) is 0. The number of aliphatic hydroxyl groups is 2. The van der Waals surface area contributed by atoms with E-state index in [2.05, 4.69) is 0 Å². The molecule has 2 rings (SSSR count). The van der Waals surface area contributed by atoms with Crippen LogP contribution in [-0.2, 0) is 0 Å². The lowest BCUT2D eigenvalue weighted by Gasteiger charge is -2.28. The van der Waals surface area contributed by atoms with Crippen molar-refractivity contribution in [1.29, 1.82) is 0 Å². The van der Waals surface area contributed by atoms with Gasteiger partial charge in [0.05, 0.1) is 11.7 Å². The Morgan fingerprint density at radius 2 is 1.95 bits per heavy atom. The molecule has 1 unspecified atom stereocenters. The fraction of sp³-hybridized carbons (Fsp3) is 0.529. The normalized spacial score (nSPS) is 19.8. The van der Waals surface area contributed by atoms with E-state index in [9.17, 15) is 14.6 Å². The standard InChI is InChI=1S/C17H24FNO2/c18-15-11-13(10-14(12-15)16(20)5-9-19)4-8-17(21)6-2-1-3-7-17/h4,8,10-12,16,20-21H,1-3,5-7,9,19H2. The van der Waals surface area contributed by atoms with Gasteiger partial charge in [0.15, 0.2) is 0 Å². The molecule has 0 bridgehead atoms. The van der Waals surface area contributed by atoms with Gasteiger partial charge >= 0.3 is 0 Å². The number of aliphatic hydroxyl groups excluding tert-OH is 1. The summed E-state index contributed by atoms with van der Waals surface area (Å²) in [6, 6.07) is 4.47. The molecule has 0 amide bonds. The number of halogens is 1. The molecule has 0 heterocycles. The van der Waals surface area contributed by atoms with Gasteiger partial charge in [-0.05, 0) is 55.1 Å². The Bertz CT molecular complexity index is 496. The van der Waals surface area contributed by atoms with E-state index in [1.165, 1.54) is 12.1 Å². The molecule has 0 spiro atoms. The van der Waals surface area contributed by atoms with Crippen LogP contribution in [0.5, 0.6) is 0 Å². The fourth-order valence-electron chi connectivity index (χ4n) is 2.83. The molecule has 4 heteroatoms. The van der Waals surface area contributed by atoms with Gasteiger partial charge in [0.2, 0.25) is 0 Å². The molecule has 1 saturated carbocycles. The first kappa shape index (κ1) is 16.1. The quantitative estimate of drug-likeness (QED) is 0.782. The van der Waals surface area contributed by atoms with Gasteiger partial charge in [-0.2, -0.15) is 0 Å². The van der Waals surface area contributed by atoms with Crippen LogP contribution >= 0.6 is 0 Å². The van der Waals surface area contributed by atoms with Crippen LogP contribution in [0.1, 0.15) is 55.8 Å². The topological polar surface area (TPSA) is 66.5 Å². The van der Waals surface area contributed by atoms with Crippen molar-refractivity contribution in [3.8, 4) is 0 Å². The maximum atomic E-state index is 13.7. The van der Waals surface area contributed by atoms with Crippen molar-refractivity contribution in [2.45, 2.75) is 50.2 Å². The van der Waals surface area contributed by atoms with Crippen LogP contribution in [0.15, 0.2) is 24.3 Å². The Balaban J connectivity index is 2.15. The van der Waals surface area contributed by atoms with Gasteiger partial charge in [0.25, 0.3) is 0 Å². The highest BCUT2D eigenvalue weighted by Crippen LogP contribution is 2.30. The lowest BCUT2D eigenvalue weighted by Crippen LogP contribution is -2.28. The summed E-state index contributed by atoms with van der Waals surface area (Å²) >= 11 is 0. The van der Waals surface area contributed by atoms with Gasteiger partial charge in [-0.25, -0.2) is 4.39 Å². The third-order valence-electron chi connectivity index (χ3n) is 4.07.